The number of nitrogens with one attached hydrogen (secondary N) is 5. The lowest BCUT2D eigenvalue weighted by atomic mass is 9.81. The molecule has 6 atom stereocenters. The summed E-state index contributed by atoms with van der Waals surface area (Å²) in [5.41, 5.74) is 14.3. The van der Waals surface area contributed by atoms with Gasteiger partial charge in [-0.1, -0.05) is 49.7 Å². The summed E-state index contributed by atoms with van der Waals surface area (Å²) in [6.45, 7) is 6.29. The minimum Gasteiger partial charge on any atom is -0.426 e. The molecule has 0 aliphatic rings. The van der Waals surface area contributed by atoms with Crippen LogP contribution in [0.5, 0.6) is 0 Å². The van der Waals surface area contributed by atoms with Crippen molar-refractivity contribution in [3.05, 3.63) is 59.7 Å². The quantitative estimate of drug-likeness (QED) is 0.0529. The van der Waals surface area contributed by atoms with Crippen LogP contribution in [-0.4, -0.2) is 100 Å². The van der Waals surface area contributed by atoms with E-state index in [2.05, 4.69) is 45.6 Å². The molecule has 12 N–H and O–H groups in total. The number of carbonyl (C=O) groups is 6. The molecular weight excluding hydrogens is 685 g/mol. The van der Waals surface area contributed by atoms with Gasteiger partial charge in [0.05, 0.1) is 18.5 Å². The maximum atomic E-state index is 13.5. The Kier molecular flexibility index (Phi) is 18.6. The molecule has 2 aromatic rings. The fourth-order valence-corrected chi connectivity index (χ4v) is 5.20. The number of aliphatic hydroxyl groups excluding tert-OH is 1. The first-order chi connectivity index (χ1) is 25.1. The smallest absolute Gasteiger partial charge is 0.426 e. The molecule has 53 heavy (non-hydrogen) atoms. The Morgan fingerprint density at radius 3 is 1.83 bits per heavy atom. The number of unbranched alkanes of at least 4 members (excludes halogenated alkanes) is 2. The van der Waals surface area contributed by atoms with Crippen molar-refractivity contribution in [2.45, 2.75) is 109 Å². The highest BCUT2D eigenvalue weighted by Crippen LogP contribution is 2.21. The summed E-state index contributed by atoms with van der Waals surface area (Å²) in [5, 5.41) is 41.0. The van der Waals surface area contributed by atoms with Gasteiger partial charge in [0.2, 0.25) is 29.5 Å². The zero-order valence-corrected chi connectivity index (χ0v) is 30.8. The number of carbonyl (C=O) groups excluding carboxylic acids is 6. The first kappa shape index (κ1) is 44.3. The van der Waals surface area contributed by atoms with E-state index >= 15 is 0 Å². The van der Waals surface area contributed by atoms with Gasteiger partial charge in [0, 0.05) is 5.56 Å². The summed E-state index contributed by atoms with van der Waals surface area (Å²) in [6, 6.07) is 9.65. The number of aryl methyl sites for hydroxylation is 1. The van der Waals surface area contributed by atoms with Gasteiger partial charge >= 0.3 is 7.12 Å². The molecule has 6 amide bonds. The van der Waals surface area contributed by atoms with Crippen molar-refractivity contribution < 1.29 is 43.9 Å². The highest BCUT2D eigenvalue weighted by Gasteiger charge is 2.33. The van der Waals surface area contributed by atoms with E-state index in [0.29, 0.717) is 24.9 Å². The Bertz CT molecular complexity index is 1520. The summed E-state index contributed by atoms with van der Waals surface area (Å²) in [7, 11) is -1.92. The van der Waals surface area contributed by atoms with Crippen molar-refractivity contribution in [1.82, 2.24) is 26.6 Å². The molecule has 16 nitrogen and oxygen atoms in total. The van der Waals surface area contributed by atoms with Gasteiger partial charge in [0.15, 0.2) is 0 Å². The van der Waals surface area contributed by atoms with Gasteiger partial charge in [-0.15, -0.1) is 0 Å². The minimum atomic E-state index is -1.92. The van der Waals surface area contributed by atoms with E-state index in [1.165, 1.54) is 26.3 Å². The number of rotatable bonds is 22. The van der Waals surface area contributed by atoms with Crippen molar-refractivity contribution in [3.63, 3.8) is 0 Å². The van der Waals surface area contributed by atoms with E-state index in [4.69, 9.17) is 11.5 Å². The van der Waals surface area contributed by atoms with E-state index in [-0.39, 0.29) is 6.42 Å². The number of hydrogen-bond acceptors (Lipinski definition) is 10. The van der Waals surface area contributed by atoms with Gasteiger partial charge in [-0.2, -0.15) is 0 Å². The molecule has 0 aliphatic heterocycles. The molecule has 17 heteroatoms. The predicted molar refractivity (Wildman–Crippen MR) is 199 cm³/mol. The van der Waals surface area contributed by atoms with Crippen LogP contribution in [-0.2, 0) is 30.4 Å². The molecule has 0 bridgehead atoms. The Balaban J connectivity index is 2.12. The van der Waals surface area contributed by atoms with E-state index in [1.54, 1.807) is 12.1 Å². The van der Waals surface area contributed by atoms with Crippen LogP contribution < -0.4 is 38.1 Å². The van der Waals surface area contributed by atoms with Gasteiger partial charge in [0.1, 0.15) is 24.2 Å². The van der Waals surface area contributed by atoms with Crippen LogP contribution in [0.25, 0.3) is 11.1 Å². The molecule has 2 rings (SSSR count). The molecule has 0 aliphatic carbocycles. The zero-order chi connectivity index (χ0) is 39.7. The number of primary amides is 1. The Hall–Kier alpha value is -4.84. The minimum absolute atomic E-state index is 0.180. The summed E-state index contributed by atoms with van der Waals surface area (Å²) in [4.78, 5) is 77.0. The molecule has 0 heterocycles. The molecule has 0 spiro atoms. The third-order valence-electron chi connectivity index (χ3n) is 8.49. The number of hydrogen-bond donors (Lipinski definition) is 10. The zero-order valence-electron chi connectivity index (χ0n) is 30.8. The average Bonchev–Trinajstić information content (AvgIpc) is 3.11. The highest BCUT2D eigenvalue weighted by atomic mass is 16.4. The second-order valence-electron chi connectivity index (χ2n) is 13.1. The predicted octanol–water partition coefficient (Wildman–Crippen LogP) is -0.829. The lowest BCUT2D eigenvalue weighted by Crippen LogP contribution is -2.60. The number of amides is 6. The molecule has 290 valence electrons. The van der Waals surface area contributed by atoms with Gasteiger partial charge < -0.3 is 53.2 Å². The standard InChI is InChI=1S/C36H54BN7O9/c1-5-6-9-24-11-13-25(14-12-24)26-15-17-27(18-16-26)33(48)42-28(10-7-8-19-38)34(49)44-31(22(3)45)36(51)40-21(2)32(47)43-29(20-30(39)46)35(50)41-23(4)37(52)53/h11-18,21-23,28-29,31,45,52-53H,5-10,19-20,38H2,1-4H3,(H2,39,46)(H,40,51)(H,41,50)(H,42,48)(H,43,47)(H,44,49)/t21-,22+,23-,28-,29-,31-/m0/s1. The van der Waals surface area contributed by atoms with Crippen molar-refractivity contribution in [2.24, 2.45) is 11.5 Å². The van der Waals surface area contributed by atoms with Crippen LogP contribution >= 0.6 is 0 Å². The fraction of sp³-hybridized carbons (Fsp3) is 0.500. The second-order valence-corrected chi connectivity index (χ2v) is 13.1. The normalized spacial score (nSPS) is 14.3. The second kappa shape index (κ2) is 22.3. The van der Waals surface area contributed by atoms with Crippen LogP contribution in [0, 0.1) is 0 Å². The topological polar surface area (TPSA) is 275 Å². The maximum Gasteiger partial charge on any atom is 0.475 e. The Labute approximate surface area is 310 Å². The monoisotopic (exact) mass is 739 g/mol. The molecular formula is C36H54BN7O9. The van der Waals surface area contributed by atoms with Gasteiger partial charge in [-0.3, -0.25) is 28.8 Å². The molecule has 0 fully saturated rings. The first-order valence-electron chi connectivity index (χ1n) is 17.8. The Morgan fingerprint density at radius 2 is 1.30 bits per heavy atom. The van der Waals surface area contributed by atoms with E-state index in [1.807, 2.05) is 24.3 Å². The lowest BCUT2D eigenvalue weighted by molar-refractivity contribution is -0.135. The molecule has 0 radical (unpaired) electrons. The number of nitrogens with two attached hydrogens (primary N) is 2. The van der Waals surface area contributed by atoms with Gasteiger partial charge in [-0.25, -0.2) is 0 Å². The summed E-state index contributed by atoms with van der Waals surface area (Å²) in [6.07, 6.45) is 2.38. The third-order valence-corrected chi connectivity index (χ3v) is 8.49. The average molecular weight is 740 g/mol. The van der Waals surface area contributed by atoms with E-state index in [9.17, 15) is 43.9 Å². The number of aliphatic hydroxyl groups is 1. The highest BCUT2D eigenvalue weighted by molar-refractivity contribution is 6.43. The van der Waals surface area contributed by atoms with Crippen LogP contribution in [0.4, 0.5) is 0 Å². The van der Waals surface area contributed by atoms with Crippen LogP contribution in [0.2, 0.25) is 0 Å². The first-order valence-corrected chi connectivity index (χ1v) is 17.8. The van der Waals surface area contributed by atoms with Crippen LogP contribution in [0.15, 0.2) is 48.5 Å². The SMILES string of the molecule is CCCCc1ccc(-c2ccc(C(=O)N[C@@H](CCCCN)C(=O)N[C@H](C(=O)N[C@@H](C)C(=O)N[C@@H](CC(N)=O)C(=O)N[C@@H](C)B(O)O)[C@@H](C)O)cc2)cc1. The summed E-state index contributed by atoms with van der Waals surface area (Å²) < 4.78 is 0. The van der Waals surface area contributed by atoms with Crippen molar-refractivity contribution in [2.75, 3.05) is 6.54 Å². The van der Waals surface area contributed by atoms with Crippen molar-refractivity contribution in [1.29, 1.82) is 0 Å². The molecule has 0 unspecified atom stereocenters. The van der Waals surface area contributed by atoms with Gasteiger partial charge in [-0.05, 0) is 88.2 Å². The molecule has 0 saturated heterocycles. The third kappa shape index (κ3) is 15.0. The maximum absolute atomic E-state index is 13.5. The molecule has 0 aromatic heterocycles. The fourth-order valence-electron chi connectivity index (χ4n) is 5.20. The van der Waals surface area contributed by atoms with E-state index < -0.39 is 85.2 Å². The lowest BCUT2D eigenvalue weighted by Gasteiger charge is -2.26. The van der Waals surface area contributed by atoms with Crippen LogP contribution in [0.3, 0.4) is 0 Å². The van der Waals surface area contributed by atoms with E-state index in [0.717, 1.165) is 30.4 Å². The van der Waals surface area contributed by atoms with Crippen LogP contribution in [0.1, 0.15) is 82.1 Å². The van der Waals surface area contributed by atoms with Crippen molar-refractivity contribution >= 4 is 42.6 Å². The largest absolute Gasteiger partial charge is 0.475 e. The van der Waals surface area contributed by atoms with Crippen molar-refractivity contribution in [3.8, 4) is 11.1 Å². The van der Waals surface area contributed by atoms with Gasteiger partial charge in [0.25, 0.3) is 5.91 Å². The molecule has 0 saturated carbocycles. The summed E-state index contributed by atoms with van der Waals surface area (Å²) in [5.74, 6) is -6.18. The molecule has 2 aromatic carbocycles. The number of benzene rings is 2. The Morgan fingerprint density at radius 1 is 0.717 bits per heavy atom. The summed E-state index contributed by atoms with van der Waals surface area (Å²) >= 11 is 0.